The van der Waals surface area contributed by atoms with Crippen LogP contribution in [-0.2, 0) is 0 Å². The highest BCUT2D eigenvalue weighted by atomic mass is 16.3. The van der Waals surface area contributed by atoms with E-state index >= 15 is 0 Å². The molecule has 0 N–H and O–H groups in total. The van der Waals surface area contributed by atoms with Crippen LogP contribution in [-0.4, -0.2) is 0 Å². The van der Waals surface area contributed by atoms with Crippen molar-refractivity contribution in [1.29, 1.82) is 0 Å². The van der Waals surface area contributed by atoms with Crippen molar-refractivity contribution in [1.82, 2.24) is 0 Å². The molecule has 0 saturated carbocycles. The predicted octanol–water partition coefficient (Wildman–Crippen LogP) is 9.03. The van der Waals surface area contributed by atoms with Crippen LogP contribution in [0.15, 0.2) is 126 Å². The third-order valence-corrected chi connectivity index (χ3v) is 6.07. The number of hydrogen-bond donors (Lipinski definition) is 0. The van der Waals surface area contributed by atoms with Crippen molar-refractivity contribution in [2.75, 3.05) is 4.90 Å². The minimum Gasteiger partial charge on any atom is -0.456 e. The molecule has 6 rings (SSSR count). The molecule has 0 amide bonds. The van der Waals surface area contributed by atoms with E-state index in [0.29, 0.717) is 0 Å². The second-order valence-corrected chi connectivity index (χ2v) is 8.34. The summed E-state index contributed by atoms with van der Waals surface area (Å²) in [5.74, 6) is 0. The van der Waals surface area contributed by atoms with Crippen LogP contribution in [0, 0.1) is 6.92 Å². The average molecular weight is 426 g/mol. The molecule has 0 saturated heterocycles. The summed E-state index contributed by atoms with van der Waals surface area (Å²) in [6.07, 6.45) is 0. The van der Waals surface area contributed by atoms with Gasteiger partial charge in [0.2, 0.25) is 0 Å². The summed E-state index contributed by atoms with van der Waals surface area (Å²) < 4.78 is 6.32. The summed E-state index contributed by atoms with van der Waals surface area (Å²) >= 11 is 0. The number of furan rings is 1. The van der Waals surface area contributed by atoms with Crippen molar-refractivity contribution in [2.45, 2.75) is 6.92 Å². The molecule has 0 aliphatic heterocycles. The summed E-state index contributed by atoms with van der Waals surface area (Å²) in [6.45, 7) is 2.12. The molecule has 33 heavy (non-hydrogen) atoms. The average Bonchev–Trinajstić information content (AvgIpc) is 3.23. The first-order valence-corrected chi connectivity index (χ1v) is 11.2. The van der Waals surface area contributed by atoms with Crippen molar-refractivity contribution in [3.8, 4) is 11.1 Å². The Hall–Kier alpha value is -4.30. The zero-order valence-corrected chi connectivity index (χ0v) is 18.4. The topological polar surface area (TPSA) is 16.4 Å². The fourth-order valence-corrected chi connectivity index (χ4v) is 4.62. The maximum absolute atomic E-state index is 6.32. The van der Waals surface area contributed by atoms with E-state index in [0.717, 1.165) is 39.0 Å². The molecule has 1 aromatic heterocycles. The Morgan fingerprint density at radius 1 is 0.545 bits per heavy atom. The number of hydrogen-bond acceptors (Lipinski definition) is 2. The van der Waals surface area contributed by atoms with Gasteiger partial charge >= 0.3 is 0 Å². The van der Waals surface area contributed by atoms with E-state index in [4.69, 9.17) is 4.42 Å². The van der Waals surface area contributed by atoms with Crippen LogP contribution in [0.5, 0.6) is 0 Å². The Labute approximate surface area is 193 Å². The predicted molar refractivity (Wildman–Crippen MR) is 139 cm³/mol. The summed E-state index contributed by atoms with van der Waals surface area (Å²) in [4.78, 5) is 2.29. The molecule has 2 heteroatoms. The van der Waals surface area contributed by atoms with Gasteiger partial charge in [-0.05, 0) is 72.1 Å². The standard InChI is InChI=1S/C31H23NO/c1-22-19-27(23-11-5-2-6-12-23)31-28-21-26(17-18-29(28)33-30(31)20-22)32(24-13-7-3-8-14-24)25-15-9-4-10-16-25/h2-21H,1H3. The second kappa shape index (κ2) is 7.99. The van der Waals surface area contributed by atoms with Gasteiger partial charge in [0, 0.05) is 27.8 Å². The first-order valence-electron chi connectivity index (χ1n) is 11.2. The SMILES string of the molecule is Cc1cc(-c2ccccc2)c2c(c1)oc1ccc(N(c3ccccc3)c3ccccc3)cc12. The molecular formula is C31H23NO. The fraction of sp³-hybridized carbons (Fsp3) is 0.0323. The number of para-hydroxylation sites is 2. The summed E-state index contributed by atoms with van der Waals surface area (Å²) in [5.41, 5.74) is 8.75. The summed E-state index contributed by atoms with van der Waals surface area (Å²) in [6, 6.07) is 42.4. The molecule has 0 atom stereocenters. The maximum atomic E-state index is 6.32. The van der Waals surface area contributed by atoms with Gasteiger partial charge in [0.15, 0.2) is 0 Å². The van der Waals surface area contributed by atoms with E-state index in [1.165, 1.54) is 16.7 Å². The lowest BCUT2D eigenvalue weighted by Gasteiger charge is -2.25. The molecule has 158 valence electrons. The van der Waals surface area contributed by atoms with Crippen LogP contribution in [0.4, 0.5) is 17.1 Å². The van der Waals surface area contributed by atoms with Gasteiger partial charge in [0.25, 0.3) is 0 Å². The quantitative estimate of drug-likeness (QED) is 0.280. The fourth-order valence-electron chi connectivity index (χ4n) is 4.62. The smallest absolute Gasteiger partial charge is 0.136 e. The number of aryl methyl sites for hydroxylation is 1. The van der Waals surface area contributed by atoms with Crippen LogP contribution >= 0.6 is 0 Å². The zero-order valence-electron chi connectivity index (χ0n) is 18.4. The minimum absolute atomic E-state index is 0.901. The van der Waals surface area contributed by atoms with Gasteiger partial charge in [-0.25, -0.2) is 0 Å². The van der Waals surface area contributed by atoms with E-state index < -0.39 is 0 Å². The van der Waals surface area contributed by atoms with E-state index in [1.54, 1.807) is 0 Å². The Balaban J connectivity index is 1.62. The number of nitrogens with zero attached hydrogens (tertiary/aromatic N) is 1. The first-order chi connectivity index (χ1) is 16.3. The molecule has 2 nitrogen and oxygen atoms in total. The Morgan fingerprint density at radius 3 is 1.79 bits per heavy atom. The van der Waals surface area contributed by atoms with E-state index in [-0.39, 0.29) is 0 Å². The zero-order chi connectivity index (χ0) is 22.2. The van der Waals surface area contributed by atoms with Gasteiger partial charge < -0.3 is 9.32 Å². The van der Waals surface area contributed by atoms with Crippen LogP contribution < -0.4 is 4.90 Å². The highest BCUT2D eigenvalue weighted by molar-refractivity contribution is 6.13. The van der Waals surface area contributed by atoms with Crippen LogP contribution in [0.25, 0.3) is 33.1 Å². The van der Waals surface area contributed by atoms with Crippen LogP contribution in [0.3, 0.4) is 0 Å². The van der Waals surface area contributed by atoms with Gasteiger partial charge in [0.1, 0.15) is 11.2 Å². The lowest BCUT2D eigenvalue weighted by atomic mass is 9.97. The third kappa shape index (κ3) is 3.46. The van der Waals surface area contributed by atoms with Gasteiger partial charge in [-0.3, -0.25) is 0 Å². The lowest BCUT2D eigenvalue weighted by molar-refractivity contribution is 0.668. The Morgan fingerprint density at radius 2 is 1.15 bits per heavy atom. The van der Waals surface area contributed by atoms with Crippen molar-refractivity contribution < 1.29 is 4.42 Å². The summed E-state index contributed by atoms with van der Waals surface area (Å²) in [7, 11) is 0. The maximum Gasteiger partial charge on any atom is 0.136 e. The van der Waals surface area contributed by atoms with Crippen molar-refractivity contribution in [3.05, 3.63) is 127 Å². The first kappa shape index (κ1) is 19.4. The number of benzene rings is 5. The molecular weight excluding hydrogens is 402 g/mol. The number of rotatable bonds is 4. The molecule has 0 aliphatic carbocycles. The Kier molecular flexibility index (Phi) is 4.70. The molecule has 0 aliphatic rings. The molecule has 1 heterocycles. The highest BCUT2D eigenvalue weighted by Gasteiger charge is 2.17. The number of anilines is 3. The van der Waals surface area contributed by atoms with E-state index in [9.17, 15) is 0 Å². The Bertz CT molecular complexity index is 1510. The number of fused-ring (bicyclic) bond motifs is 3. The second-order valence-electron chi connectivity index (χ2n) is 8.34. The monoisotopic (exact) mass is 425 g/mol. The lowest BCUT2D eigenvalue weighted by Crippen LogP contribution is -2.09. The molecule has 0 bridgehead atoms. The molecule has 0 spiro atoms. The molecule has 0 radical (unpaired) electrons. The van der Waals surface area contributed by atoms with Crippen molar-refractivity contribution >= 4 is 39.0 Å². The molecule has 6 aromatic rings. The highest BCUT2D eigenvalue weighted by Crippen LogP contribution is 2.41. The summed E-state index contributed by atoms with van der Waals surface area (Å²) in [5, 5.41) is 2.28. The van der Waals surface area contributed by atoms with E-state index in [2.05, 4.69) is 121 Å². The van der Waals surface area contributed by atoms with Crippen LogP contribution in [0.2, 0.25) is 0 Å². The molecule has 0 fully saturated rings. The molecule has 5 aromatic carbocycles. The normalized spacial score (nSPS) is 11.2. The van der Waals surface area contributed by atoms with Gasteiger partial charge in [-0.2, -0.15) is 0 Å². The van der Waals surface area contributed by atoms with Gasteiger partial charge in [0.05, 0.1) is 0 Å². The molecule has 0 unspecified atom stereocenters. The third-order valence-electron chi connectivity index (χ3n) is 6.07. The van der Waals surface area contributed by atoms with Crippen LogP contribution in [0.1, 0.15) is 5.56 Å². The minimum atomic E-state index is 0.901. The van der Waals surface area contributed by atoms with E-state index in [1.807, 2.05) is 12.1 Å². The van der Waals surface area contributed by atoms with Crippen molar-refractivity contribution in [3.63, 3.8) is 0 Å². The largest absolute Gasteiger partial charge is 0.456 e. The van der Waals surface area contributed by atoms with Gasteiger partial charge in [-0.15, -0.1) is 0 Å². The van der Waals surface area contributed by atoms with Crippen molar-refractivity contribution in [2.24, 2.45) is 0 Å². The van der Waals surface area contributed by atoms with Gasteiger partial charge in [-0.1, -0.05) is 72.8 Å².